The molecule has 1 unspecified atom stereocenters. The van der Waals surface area contributed by atoms with Crippen molar-refractivity contribution in [1.82, 2.24) is 9.97 Å². The molecular weight excluding hydrogens is 240 g/mol. The van der Waals surface area contributed by atoms with Crippen LogP contribution in [0.4, 0.5) is 0 Å². The van der Waals surface area contributed by atoms with E-state index >= 15 is 0 Å². The SMILES string of the molecule is CC(C)=CCS(=O)c1nc2cccnc2s1. The second-order valence-corrected chi connectivity index (χ2v) is 6.25. The third kappa shape index (κ3) is 2.54. The van der Waals surface area contributed by atoms with Crippen LogP contribution >= 0.6 is 11.3 Å². The van der Waals surface area contributed by atoms with Crippen molar-refractivity contribution in [3.63, 3.8) is 0 Å². The first-order valence-corrected chi connectivity index (χ1v) is 7.03. The topological polar surface area (TPSA) is 42.9 Å². The van der Waals surface area contributed by atoms with Crippen LogP contribution in [0.1, 0.15) is 13.8 Å². The van der Waals surface area contributed by atoms with Gasteiger partial charge in [0.15, 0.2) is 4.34 Å². The fourth-order valence-electron chi connectivity index (χ4n) is 1.16. The lowest BCUT2D eigenvalue weighted by Gasteiger charge is -1.92. The van der Waals surface area contributed by atoms with E-state index in [1.807, 2.05) is 32.1 Å². The zero-order valence-electron chi connectivity index (χ0n) is 9.14. The second kappa shape index (κ2) is 4.84. The van der Waals surface area contributed by atoms with Gasteiger partial charge in [-0.15, -0.1) is 0 Å². The predicted octanol–water partition coefficient (Wildman–Crippen LogP) is 2.77. The molecule has 0 aromatic carbocycles. The van der Waals surface area contributed by atoms with Crippen molar-refractivity contribution in [1.29, 1.82) is 0 Å². The highest BCUT2D eigenvalue weighted by molar-refractivity contribution is 7.87. The van der Waals surface area contributed by atoms with E-state index in [1.54, 1.807) is 6.20 Å². The fraction of sp³-hybridized carbons (Fsp3) is 0.273. The highest BCUT2D eigenvalue weighted by Gasteiger charge is 2.09. The Morgan fingerprint density at radius 1 is 1.56 bits per heavy atom. The lowest BCUT2D eigenvalue weighted by Crippen LogP contribution is -1.94. The Morgan fingerprint density at radius 2 is 2.38 bits per heavy atom. The summed E-state index contributed by atoms with van der Waals surface area (Å²) in [6.07, 6.45) is 3.69. The number of rotatable bonds is 3. The summed E-state index contributed by atoms with van der Waals surface area (Å²) in [4.78, 5) is 9.35. The van der Waals surface area contributed by atoms with Gasteiger partial charge in [-0.1, -0.05) is 23.0 Å². The smallest absolute Gasteiger partial charge is 0.183 e. The van der Waals surface area contributed by atoms with E-state index in [0.29, 0.717) is 10.1 Å². The third-order valence-electron chi connectivity index (χ3n) is 1.98. The molecule has 2 rings (SSSR count). The summed E-state index contributed by atoms with van der Waals surface area (Å²) in [5.74, 6) is 0.530. The Balaban J connectivity index is 2.27. The van der Waals surface area contributed by atoms with Crippen LogP contribution in [0.2, 0.25) is 0 Å². The Morgan fingerprint density at radius 3 is 3.06 bits per heavy atom. The van der Waals surface area contributed by atoms with Crippen molar-refractivity contribution in [2.24, 2.45) is 0 Å². The van der Waals surface area contributed by atoms with Crippen LogP contribution in [-0.4, -0.2) is 19.9 Å². The van der Waals surface area contributed by atoms with Gasteiger partial charge in [0.1, 0.15) is 10.3 Å². The molecule has 0 aliphatic rings. The number of allylic oxidation sites excluding steroid dienone is 1. The average Bonchev–Trinajstić information content (AvgIpc) is 2.69. The monoisotopic (exact) mass is 252 g/mol. The summed E-state index contributed by atoms with van der Waals surface area (Å²) in [6.45, 7) is 3.99. The van der Waals surface area contributed by atoms with Gasteiger partial charge >= 0.3 is 0 Å². The molecule has 0 aliphatic carbocycles. The molecule has 0 N–H and O–H groups in total. The molecule has 0 radical (unpaired) electrons. The maximum atomic E-state index is 11.9. The number of hydrogen-bond donors (Lipinski definition) is 0. The van der Waals surface area contributed by atoms with Gasteiger partial charge in [-0.3, -0.25) is 4.21 Å². The molecule has 84 valence electrons. The third-order valence-corrected chi connectivity index (χ3v) is 4.52. The van der Waals surface area contributed by atoms with E-state index < -0.39 is 10.8 Å². The zero-order valence-corrected chi connectivity index (χ0v) is 10.8. The summed E-state index contributed by atoms with van der Waals surface area (Å²) in [5.41, 5.74) is 2.00. The number of nitrogens with zero attached hydrogens (tertiary/aromatic N) is 2. The van der Waals surface area contributed by atoms with Gasteiger partial charge < -0.3 is 0 Å². The molecule has 2 aromatic heterocycles. The second-order valence-electron chi connectivity index (χ2n) is 3.60. The lowest BCUT2D eigenvalue weighted by atomic mass is 10.3. The van der Waals surface area contributed by atoms with Crippen LogP contribution in [0.5, 0.6) is 0 Å². The van der Waals surface area contributed by atoms with Crippen LogP contribution in [0.3, 0.4) is 0 Å². The van der Waals surface area contributed by atoms with E-state index in [0.717, 1.165) is 10.3 Å². The number of fused-ring (bicyclic) bond motifs is 1. The van der Waals surface area contributed by atoms with Crippen molar-refractivity contribution in [3.8, 4) is 0 Å². The first kappa shape index (κ1) is 11.4. The van der Waals surface area contributed by atoms with Crippen LogP contribution in [0, 0.1) is 0 Å². The van der Waals surface area contributed by atoms with Gasteiger partial charge in [0.2, 0.25) is 0 Å². The molecule has 16 heavy (non-hydrogen) atoms. The van der Waals surface area contributed by atoms with Crippen molar-refractivity contribution >= 4 is 32.5 Å². The first-order valence-electron chi connectivity index (χ1n) is 4.90. The van der Waals surface area contributed by atoms with Crippen molar-refractivity contribution in [2.45, 2.75) is 18.2 Å². The van der Waals surface area contributed by atoms with Crippen LogP contribution in [0.15, 0.2) is 34.3 Å². The van der Waals surface area contributed by atoms with E-state index in [2.05, 4.69) is 9.97 Å². The summed E-state index contributed by atoms with van der Waals surface area (Å²) in [5, 5.41) is 0. The van der Waals surface area contributed by atoms with E-state index in [1.165, 1.54) is 16.9 Å². The molecule has 2 aromatic rings. The Labute approximate surface area is 101 Å². The maximum absolute atomic E-state index is 11.9. The highest BCUT2D eigenvalue weighted by atomic mass is 32.2. The normalized spacial score (nSPS) is 12.6. The Hall–Kier alpha value is -1.07. The summed E-state index contributed by atoms with van der Waals surface area (Å²) in [6, 6.07) is 3.73. The Bertz CT molecular complexity index is 523. The molecule has 0 bridgehead atoms. The van der Waals surface area contributed by atoms with E-state index in [4.69, 9.17) is 0 Å². The maximum Gasteiger partial charge on any atom is 0.183 e. The molecule has 5 heteroatoms. The van der Waals surface area contributed by atoms with E-state index in [-0.39, 0.29) is 0 Å². The van der Waals surface area contributed by atoms with Gasteiger partial charge in [0.05, 0.1) is 10.8 Å². The van der Waals surface area contributed by atoms with Gasteiger partial charge in [-0.2, -0.15) is 0 Å². The number of pyridine rings is 1. The minimum Gasteiger partial charge on any atom is -0.252 e. The minimum atomic E-state index is -1.05. The Kier molecular flexibility index (Phi) is 3.46. The summed E-state index contributed by atoms with van der Waals surface area (Å²) >= 11 is 1.41. The zero-order chi connectivity index (χ0) is 11.5. The minimum absolute atomic E-state index is 0.530. The van der Waals surface area contributed by atoms with Gasteiger partial charge in [0, 0.05) is 11.9 Å². The van der Waals surface area contributed by atoms with Crippen molar-refractivity contribution < 1.29 is 4.21 Å². The number of thiazole rings is 1. The largest absolute Gasteiger partial charge is 0.252 e. The molecular formula is C11H12N2OS2. The first-order chi connectivity index (χ1) is 7.66. The van der Waals surface area contributed by atoms with Gasteiger partial charge in [-0.05, 0) is 26.0 Å². The molecule has 1 atom stereocenters. The molecule has 0 fully saturated rings. The molecule has 2 heterocycles. The quantitative estimate of drug-likeness (QED) is 0.789. The average molecular weight is 252 g/mol. The molecule has 0 amide bonds. The predicted molar refractivity (Wildman–Crippen MR) is 68.1 cm³/mol. The molecule has 0 saturated carbocycles. The summed E-state index contributed by atoms with van der Waals surface area (Å²) in [7, 11) is -1.05. The fourth-order valence-corrected chi connectivity index (χ4v) is 3.44. The van der Waals surface area contributed by atoms with Crippen molar-refractivity contribution in [2.75, 3.05) is 5.75 Å². The van der Waals surface area contributed by atoms with Crippen LogP contribution in [-0.2, 0) is 10.8 Å². The van der Waals surface area contributed by atoms with Gasteiger partial charge in [-0.25, -0.2) is 9.97 Å². The van der Waals surface area contributed by atoms with Crippen LogP contribution < -0.4 is 0 Å². The molecule has 0 spiro atoms. The van der Waals surface area contributed by atoms with E-state index in [9.17, 15) is 4.21 Å². The molecule has 3 nitrogen and oxygen atoms in total. The lowest BCUT2D eigenvalue weighted by molar-refractivity contribution is 0.684. The van der Waals surface area contributed by atoms with Gasteiger partial charge in [0.25, 0.3) is 0 Å². The highest BCUT2D eigenvalue weighted by Crippen LogP contribution is 2.22. The summed E-state index contributed by atoms with van der Waals surface area (Å²) < 4.78 is 12.6. The molecule has 0 aliphatic heterocycles. The van der Waals surface area contributed by atoms with Crippen LogP contribution in [0.25, 0.3) is 10.3 Å². The number of aromatic nitrogens is 2. The molecule has 0 saturated heterocycles. The van der Waals surface area contributed by atoms with Crippen molar-refractivity contribution in [3.05, 3.63) is 30.0 Å². The number of hydrogen-bond acceptors (Lipinski definition) is 4. The standard InChI is InChI=1S/C11H12N2OS2/c1-8(2)5-7-16(14)11-13-9-4-3-6-12-10(9)15-11/h3-6H,7H2,1-2H3.